The van der Waals surface area contributed by atoms with Gasteiger partial charge in [0.25, 0.3) is 0 Å². The van der Waals surface area contributed by atoms with E-state index in [0.717, 1.165) is 0 Å². The Balaban J connectivity index is 0. The second-order valence-electron chi connectivity index (χ2n) is 1.80. The van der Waals surface area contributed by atoms with Crippen LogP contribution < -0.4 is 0 Å². The second-order valence-corrected chi connectivity index (χ2v) is 2.26. The molecule has 0 aliphatic heterocycles. The number of alkyl halides is 1. The van der Waals surface area contributed by atoms with Crippen molar-refractivity contribution in [3.05, 3.63) is 30.7 Å². The van der Waals surface area contributed by atoms with Gasteiger partial charge in [0.05, 0.1) is 0 Å². The first kappa shape index (κ1) is 16.9. The molecule has 0 aromatic rings. The van der Waals surface area contributed by atoms with Gasteiger partial charge in [-0.15, -0.1) is 0 Å². The lowest BCUT2D eigenvalue weighted by atomic mass is 11.2. The van der Waals surface area contributed by atoms with E-state index < -0.39 is 23.3 Å². The van der Waals surface area contributed by atoms with E-state index in [9.17, 15) is 20.2 Å². The average molecular weight is 302 g/mol. The fourth-order valence-electron chi connectivity index (χ4n) is 0.291. The highest BCUT2D eigenvalue weighted by Gasteiger charge is 1.91. The fraction of sp³-hybridized carbons (Fsp3) is 1.00. The molecule has 0 amide bonds. The van der Waals surface area contributed by atoms with Crippen LogP contribution in [0.1, 0.15) is 0 Å². The van der Waals surface area contributed by atoms with Crippen molar-refractivity contribution in [3.8, 4) is 0 Å². The Morgan fingerprint density at radius 1 is 1.25 bits per heavy atom. The summed E-state index contributed by atoms with van der Waals surface area (Å²) in [6, 6.07) is 0. The average Bonchev–Trinajstić information content (AvgIpc) is 2.22. The summed E-state index contributed by atoms with van der Waals surface area (Å²) >= 11 is 2.85. The van der Waals surface area contributed by atoms with Crippen molar-refractivity contribution in [3.63, 3.8) is 0 Å². The lowest BCUT2D eigenvalue weighted by Crippen LogP contribution is -2.04. The minimum atomic E-state index is -0.660. The molecular weight excluding hydrogens is 294 g/mol. The van der Waals surface area contributed by atoms with Crippen molar-refractivity contribution < 1.29 is 19.3 Å². The van der Waals surface area contributed by atoms with E-state index in [2.05, 4.69) is 35.4 Å². The predicted octanol–water partition coefficient (Wildman–Crippen LogP) is 1.09. The molecule has 11 nitrogen and oxygen atoms in total. The van der Waals surface area contributed by atoms with Crippen LogP contribution >= 0.6 is 15.9 Å². The molecule has 0 aliphatic carbocycles. The van der Waals surface area contributed by atoms with Crippen molar-refractivity contribution in [1.82, 2.24) is 0 Å². The Bertz CT molecular complexity index is 253. The van der Waals surface area contributed by atoms with Gasteiger partial charge in [-0.1, -0.05) is 21.0 Å². The van der Waals surface area contributed by atoms with Crippen LogP contribution in [0.5, 0.6) is 0 Å². The molecule has 92 valence electrons. The number of hydrogen-bond donors (Lipinski definition) is 0. The molecule has 0 spiro atoms. The standard InChI is InChI=1S/C2H4BrNO3.C2H4N4O3/c3-1-7-2-4(5)6;3-5-4-1-9-2-6(7)8/h1-2H2;1-2H2. The molecule has 0 heterocycles. The minimum absolute atomic E-state index is 0.216. The van der Waals surface area contributed by atoms with Gasteiger partial charge in [0, 0.05) is 14.8 Å². The quantitative estimate of drug-likeness (QED) is 0.100. The molecule has 16 heavy (non-hydrogen) atoms. The third kappa shape index (κ3) is 22.9. The Morgan fingerprint density at radius 2 is 1.75 bits per heavy atom. The van der Waals surface area contributed by atoms with Gasteiger partial charge < -0.3 is 9.47 Å². The molecule has 12 heteroatoms. The number of nitrogens with zero attached hydrogens (tertiary/aromatic N) is 5. The van der Waals surface area contributed by atoms with Gasteiger partial charge in [-0.3, -0.25) is 20.2 Å². The first-order valence-corrected chi connectivity index (χ1v) is 4.62. The zero-order valence-electron chi connectivity index (χ0n) is 7.89. The molecule has 0 aliphatic rings. The van der Waals surface area contributed by atoms with Crippen molar-refractivity contribution >= 4 is 15.9 Å². The van der Waals surface area contributed by atoms with Gasteiger partial charge in [0.2, 0.25) is 0 Å². The number of nitro groups is 2. The fourth-order valence-corrected chi connectivity index (χ4v) is 0.436. The first-order chi connectivity index (χ1) is 7.54. The van der Waals surface area contributed by atoms with E-state index in [1.54, 1.807) is 0 Å². The van der Waals surface area contributed by atoms with Crippen molar-refractivity contribution in [2.75, 3.05) is 25.7 Å². The number of hydrogen-bond acceptors (Lipinski definition) is 7. The van der Waals surface area contributed by atoms with Crippen molar-refractivity contribution in [1.29, 1.82) is 0 Å². The molecule has 0 atom stereocenters. The molecule has 0 rings (SSSR count). The van der Waals surface area contributed by atoms with Crippen LogP contribution in [0, 0.1) is 20.2 Å². The molecule has 0 aromatic carbocycles. The van der Waals surface area contributed by atoms with Crippen LogP contribution in [-0.2, 0) is 9.47 Å². The summed E-state index contributed by atoms with van der Waals surface area (Å²) in [6.07, 6.45) is 0. The highest BCUT2D eigenvalue weighted by molar-refractivity contribution is 9.09. The number of rotatable bonds is 7. The first-order valence-electron chi connectivity index (χ1n) is 3.50. The normalized spacial score (nSPS) is 8.31. The Kier molecular flexibility index (Phi) is 14.3. The zero-order chi connectivity index (χ0) is 12.8. The van der Waals surface area contributed by atoms with E-state index in [4.69, 9.17) is 5.53 Å². The van der Waals surface area contributed by atoms with Crippen molar-refractivity contribution in [2.45, 2.75) is 0 Å². The maximum absolute atomic E-state index is 9.51. The van der Waals surface area contributed by atoms with Crippen LogP contribution in [0.15, 0.2) is 5.11 Å². The third-order valence-electron chi connectivity index (χ3n) is 0.683. The summed E-state index contributed by atoms with van der Waals surface area (Å²) < 4.78 is 8.53. The third-order valence-corrected chi connectivity index (χ3v) is 1.01. The molecule has 0 saturated heterocycles. The molecule has 0 saturated carbocycles. The molecule has 0 bridgehead atoms. The number of halogens is 1. The molecule has 0 unspecified atom stereocenters. The monoisotopic (exact) mass is 301 g/mol. The van der Waals surface area contributed by atoms with Gasteiger partial charge >= 0.3 is 13.5 Å². The van der Waals surface area contributed by atoms with Crippen LogP contribution in [-0.4, -0.2) is 35.6 Å². The summed E-state index contributed by atoms with van der Waals surface area (Å²) in [7, 11) is 0. The van der Waals surface area contributed by atoms with Gasteiger partial charge in [-0.2, -0.15) is 0 Å². The van der Waals surface area contributed by atoms with Gasteiger partial charge in [0.1, 0.15) is 12.2 Å². The van der Waals surface area contributed by atoms with Crippen molar-refractivity contribution in [2.24, 2.45) is 5.11 Å². The maximum atomic E-state index is 9.51. The lowest BCUT2D eigenvalue weighted by molar-refractivity contribution is -0.526. The summed E-state index contributed by atoms with van der Waals surface area (Å²) in [6.45, 7) is -1.35. The summed E-state index contributed by atoms with van der Waals surface area (Å²) in [5, 5.41) is 21.8. The number of ether oxygens (including phenoxy) is 2. The Hall–Kier alpha value is -1.49. The van der Waals surface area contributed by atoms with Crippen LogP contribution in [0.3, 0.4) is 0 Å². The molecule has 0 aromatic heterocycles. The molecule has 0 fully saturated rings. The number of azide groups is 1. The molecule has 0 N–H and O–H groups in total. The Morgan fingerprint density at radius 3 is 2.06 bits per heavy atom. The van der Waals surface area contributed by atoms with Crippen LogP contribution in [0.2, 0.25) is 0 Å². The predicted molar refractivity (Wildman–Crippen MR) is 53.7 cm³/mol. The topological polar surface area (TPSA) is 154 Å². The lowest BCUT2D eigenvalue weighted by Gasteiger charge is -1.88. The van der Waals surface area contributed by atoms with Crippen LogP contribution in [0.4, 0.5) is 0 Å². The van der Waals surface area contributed by atoms with E-state index in [1.807, 2.05) is 0 Å². The van der Waals surface area contributed by atoms with Crippen LogP contribution in [0.25, 0.3) is 10.4 Å². The van der Waals surface area contributed by atoms with Gasteiger partial charge in [0.15, 0.2) is 0 Å². The van der Waals surface area contributed by atoms with Gasteiger partial charge in [-0.25, -0.2) is 0 Å². The Labute approximate surface area is 97.4 Å². The second kappa shape index (κ2) is 13.5. The van der Waals surface area contributed by atoms with E-state index in [-0.39, 0.29) is 12.2 Å². The summed E-state index contributed by atoms with van der Waals surface area (Å²) in [5.74, 6) is 0. The zero-order valence-corrected chi connectivity index (χ0v) is 9.48. The molecular formula is C4H8BrN5O6. The van der Waals surface area contributed by atoms with E-state index >= 15 is 0 Å². The smallest absolute Gasteiger partial charge is 0.306 e. The van der Waals surface area contributed by atoms with Gasteiger partial charge in [-0.05, 0) is 5.53 Å². The van der Waals surface area contributed by atoms with E-state index in [0.29, 0.717) is 0 Å². The minimum Gasteiger partial charge on any atom is -0.313 e. The summed E-state index contributed by atoms with van der Waals surface area (Å²) in [4.78, 5) is 20.0. The highest BCUT2D eigenvalue weighted by atomic mass is 79.9. The molecule has 0 radical (unpaired) electrons. The largest absolute Gasteiger partial charge is 0.313 e. The summed E-state index contributed by atoms with van der Waals surface area (Å²) in [5.41, 5.74) is 7.86. The highest BCUT2D eigenvalue weighted by Crippen LogP contribution is 1.80. The SMILES string of the molecule is O=[N+]([O-])COCBr.[N-]=[N+]=NCOC[N+](=O)[O-]. The van der Waals surface area contributed by atoms with E-state index in [1.165, 1.54) is 0 Å². The maximum Gasteiger partial charge on any atom is 0.306 e.